The highest BCUT2D eigenvalue weighted by atomic mass is 16.6. The van der Waals surface area contributed by atoms with E-state index in [1.165, 1.54) is 16.8 Å². The molecule has 0 atom stereocenters. The molecule has 0 aliphatic heterocycles. The zero-order chi connectivity index (χ0) is 19.7. The summed E-state index contributed by atoms with van der Waals surface area (Å²) in [6.45, 7) is 1.88. The molecule has 140 valence electrons. The molecule has 0 aliphatic carbocycles. The van der Waals surface area contributed by atoms with Crippen LogP contribution in [-0.4, -0.2) is 35.8 Å². The highest BCUT2D eigenvalue weighted by Gasteiger charge is 2.18. The summed E-state index contributed by atoms with van der Waals surface area (Å²) in [6, 6.07) is 13.5. The monoisotopic (exact) mass is 377 g/mol. The summed E-state index contributed by atoms with van der Waals surface area (Å²) in [5.74, 6) is 0.216. The summed E-state index contributed by atoms with van der Waals surface area (Å²) >= 11 is 0. The highest BCUT2D eigenvalue weighted by molar-refractivity contribution is 5.93. The number of para-hydroxylation sites is 2. The number of aromatic amines is 1. The van der Waals surface area contributed by atoms with Gasteiger partial charge in [0.25, 0.3) is 11.6 Å². The van der Waals surface area contributed by atoms with E-state index in [0.29, 0.717) is 17.2 Å². The van der Waals surface area contributed by atoms with E-state index >= 15 is 0 Å². The third kappa shape index (κ3) is 3.18. The second kappa shape index (κ2) is 6.91. The molecule has 2 aromatic heterocycles. The molecule has 4 rings (SSSR count). The number of rotatable bonds is 5. The maximum Gasteiger partial charge on any atom is 0.274 e. The van der Waals surface area contributed by atoms with Crippen molar-refractivity contribution in [3.05, 3.63) is 75.9 Å². The first-order valence-corrected chi connectivity index (χ1v) is 8.42. The number of hydrogen-bond acceptors (Lipinski definition) is 6. The fourth-order valence-electron chi connectivity index (χ4n) is 2.86. The van der Waals surface area contributed by atoms with Gasteiger partial charge in [-0.3, -0.25) is 14.9 Å². The first-order chi connectivity index (χ1) is 13.5. The topological polar surface area (TPSA) is 132 Å². The van der Waals surface area contributed by atoms with Crippen molar-refractivity contribution < 1.29 is 9.72 Å². The molecule has 0 saturated heterocycles. The predicted octanol–water partition coefficient (Wildman–Crippen LogP) is 2.29. The van der Waals surface area contributed by atoms with Crippen molar-refractivity contribution in [1.29, 1.82) is 0 Å². The third-order valence-corrected chi connectivity index (χ3v) is 4.25. The van der Waals surface area contributed by atoms with Crippen LogP contribution in [0.25, 0.3) is 16.7 Å². The van der Waals surface area contributed by atoms with Crippen molar-refractivity contribution in [2.75, 3.05) is 0 Å². The van der Waals surface area contributed by atoms with Crippen molar-refractivity contribution in [3.63, 3.8) is 0 Å². The van der Waals surface area contributed by atoms with Crippen LogP contribution in [0.15, 0.2) is 48.5 Å². The zero-order valence-corrected chi connectivity index (χ0v) is 14.8. The van der Waals surface area contributed by atoms with Gasteiger partial charge in [-0.25, -0.2) is 9.67 Å². The Morgan fingerprint density at radius 2 is 2.07 bits per heavy atom. The number of imidazole rings is 1. The molecule has 0 spiro atoms. The van der Waals surface area contributed by atoms with Gasteiger partial charge < -0.3 is 10.3 Å². The lowest BCUT2D eigenvalue weighted by atomic mass is 10.2. The minimum Gasteiger partial charge on any atom is -0.343 e. The Labute approximate surface area is 158 Å². The molecule has 0 fully saturated rings. The van der Waals surface area contributed by atoms with Gasteiger partial charge in [0.2, 0.25) is 0 Å². The summed E-state index contributed by atoms with van der Waals surface area (Å²) in [7, 11) is 0. The van der Waals surface area contributed by atoms with E-state index in [-0.39, 0.29) is 17.9 Å². The molecule has 0 radical (unpaired) electrons. The van der Waals surface area contributed by atoms with Crippen molar-refractivity contribution in [2.24, 2.45) is 0 Å². The second-order valence-corrected chi connectivity index (χ2v) is 6.10. The molecule has 28 heavy (non-hydrogen) atoms. The van der Waals surface area contributed by atoms with Crippen molar-refractivity contribution in [2.45, 2.75) is 13.5 Å². The average molecular weight is 377 g/mol. The van der Waals surface area contributed by atoms with Crippen LogP contribution in [0.4, 0.5) is 5.69 Å². The van der Waals surface area contributed by atoms with Gasteiger partial charge >= 0.3 is 0 Å². The molecule has 2 heterocycles. The lowest BCUT2D eigenvalue weighted by Gasteiger charge is -2.04. The van der Waals surface area contributed by atoms with Crippen LogP contribution in [0.1, 0.15) is 22.0 Å². The predicted molar refractivity (Wildman–Crippen MR) is 100 cm³/mol. The van der Waals surface area contributed by atoms with E-state index < -0.39 is 10.8 Å². The molecular weight excluding hydrogens is 362 g/mol. The van der Waals surface area contributed by atoms with Gasteiger partial charge in [-0.05, 0) is 25.1 Å². The van der Waals surface area contributed by atoms with Gasteiger partial charge in [-0.1, -0.05) is 23.4 Å². The number of nitro benzene ring substituents is 1. The fraction of sp³-hybridized carbons (Fsp3) is 0.111. The first-order valence-electron chi connectivity index (χ1n) is 8.42. The molecule has 2 aromatic carbocycles. The number of carbonyl (C=O) groups is 1. The standard InChI is InChI=1S/C18H15N7O3/c1-11-17(22-23-24(11)12-5-4-6-13(9-12)25(27)28)18(26)19-10-16-20-14-7-2-3-8-15(14)21-16/h2-9H,10H2,1H3,(H,19,26)(H,20,21). The normalized spacial score (nSPS) is 10.9. The lowest BCUT2D eigenvalue weighted by molar-refractivity contribution is -0.384. The number of aromatic nitrogens is 5. The van der Waals surface area contributed by atoms with Crippen LogP contribution in [0.2, 0.25) is 0 Å². The minimum atomic E-state index is -0.489. The Kier molecular flexibility index (Phi) is 4.28. The molecule has 2 N–H and O–H groups in total. The minimum absolute atomic E-state index is 0.0664. The number of fused-ring (bicyclic) bond motifs is 1. The number of nitrogens with zero attached hydrogens (tertiary/aromatic N) is 5. The molecule has 0 unspecified atom stereocenters. The largest absolute Gasteiger partial charge is 0.343 e. The van der Waals surface area contributed by atoms with Gasteiger partial charge in [-0.15, -0.1) is 5.10 Å². The Balaban J connectivity index is 1.52. The first kappa shape index (κ1) is 17.3. The molecule has 0 aliphatic rings. The van der Waals surface area contributed by atoms with Crippen molar-refractivity contribution in [1.82, 2.24) is 30.3 Å². The van der Waals surface area contributed by atoms with E-state index in [4.69, 9.17) is 0 Å². The van der Waals surface area contributed by atoms with E-state index in [1.54, 1.807) is 19.1 Å². The Morgan fingerprint density at radius 1 is 1.25 bits per heavy atom. The van der Waals surface area contributed by atoms with Gasteiger partial charge in [-0.2, -0.15) is 0 Å². The van der Waals surface area contributed by atoms with Crippen LogP contribution in [-0.2, 0) is 6.54 Å². The zero-order valence-electron chi connectivity index (χ0n) is 14.8. The van der Waals surface area contributed by atoms with Gasteiger partial charge in [0, 0.05) is 12.1 Å². The second-order valence-electron chi connectivity index (χ2n) is 6.10. The lowest BCUT2D eigenvalue weighted by Crippen LogP contribution is -2.24. The van der Waals surface area contributed by atoms with Gasteiger partial charge in [0.15, 0.2) is 5.69 Å². The highest BCUT2D eigenvalue weighted by Crippen LogP contribution is 2.18. The van der Waals surface area contributed by atoms with Gasteiger partial charge in [0.05, 0.1) is 33.9 Å². The van der Waals surface area contributed by atoms with E-state index in [1.807, 2.05) is 24.3 Å². The molecule has 0 saturated carbocycles. The molecule has 10 nitrogen and oxygen atoms in total. The van der Waals surface area contributed by atoms with E-state index in [2.05, 4.69) is 25.6 Å². The van der Waals surface area contributed by atoms with Crippen LogP contribution >= 0.6 is 0 Å². The van der Waals surface area contributed by atoms with Crippen LogP contribution < -0.4 is 5.32 Å². The number of nitro groups is 1. The maximum atomic E-state index is 12.5. The average Bonchev–Trinajstić information content (AvgIpc) is 3.29. The molecular formula is C18H15N7O3. The van der Waals surface area contributed by atoms with Crippen molar-refractivity contribution >= 4 is 22.6 Å². The molecule has 0 bridgehead atoms. The number of amides is 1. The summed E-state index contributed by atoms with van der Waals surface area (Å²) in [5.41, 5.74) is 2.71. The molecule has 10 heteroatoms. The summed E-state index contributed by atoms with van der Waals surface area (Å²) in [4.78, 5) is 30.5. The number of carbonyl (C=O) groups excluding carboxylic acids is 1. The van der Waals surface area contributed by atoms with Crippen molar-refractivity contribution in [3.8, 4) is 5.69 Å². The fourth-order valence-corrected chi connectivity index (χ4v) is 2.86. The maximum absolute atomic E-state index is 12.5. The number of hydrogen-bond donors (Lipinski definition) is 2. The third-order valence-electron chi connectivity index (χ3n) is 4.25. The summed E-state index contributed by atoms with van der Waals surface area (Å²) in [5, 5.41) is 21.6. The summed E-state index contributed by atoms with van der Waals surface area (Å²) < 4.78 is 1.39. The number of non-ortho nitro benzene ring substituents is 1. The van der Waals surface area contributed by atoms with Crippen LogP contribution in [0.3, 0.4) is 0 Å². The SMILES string of the molecule is Cc1c(C(=O)NCc2nc3ccccc3[nH]2)nnn1-c1cccc([N+](=O)[O-])c1. The Hall–Kier alpha value is -4.08. The molecule has 4 aromatic rings. The van der Waals surface area contributed by atoms with E-state index in [0.717, 1.165) is 11.0 Å². The van der Waals surface area contributed by atoms with Crippen LogP contribution in [0, 0.1) is 17.0 Å². The quantitative estimate of drug-likeness (QED) is 0.405. The summed E-state index contributed by atoms with van der Waals surface area (Å²) in [6.07, 6.45) is 0. The van der Waals surface area contributed by atoms with Crippen LogP contribution in [0.5, 0.6) is 0 Å². The van der Waals surface area contributed by atoms with E-state index in [9.17, 15) is 14.9 Å². The number of nitrogens with one attached hydrogen (secondary N) is 2. The molecule has 1 amide bonds. The smallest absolute Gasteiger partial charge is 0.274 e. The Bertz CT molecular complexity index is 1160. The Morgan fingerprint density at radius 3 is 2.86 bits per heavy atom. The number of benzene rings is 2. The van der Waals surface area contributed by atoms with Gasteiger partial charge in [0.1, 0.15) is 5.82 Å². The number of H-pyrrole nitrogens is 1.